The Hall–Kier alpha value is -1.87. The van der Waals surface area contributed by atoms with Crippen LogP contribution < -0.4 is 5.32 Å². The highest BCUT2D eigenvalue weighted by Gasteiger charge is 2.16. The minimum absolute atomic E-state index is 0.00928. The summed E-state index contributed by atoms with van der Waals surface area (Å²) in [7, 11) is 0. The highest BCUT2D eigenvalue weighted by atomic mass is 35.5. The summed E-state index contributed by atoms with van der Waals surface area (Å²) < 4.78 is 0. The molecule has 2 rings (SSSR count). The second-order valence-electron chi connectivity index (χ2n) is 4.57. The molecule has 0 radical (unpaired) electrons. The van der Waals surface area contributed by atoms with Crippen molar-refractivity contribution in [3.8, 4) is 0 Å². The molecule has 0 saturated carbocycles. The van der Waals surface area contributed by atoms with Gasteiger partial charge in [-0.2, -0.15) is 0 Å². The van der Waals surface area contributed by atoms with Gasteiger partial charge in [-0.1, -0.05) is 55.3 Å². The summed E-state index contributed by atoms with van der Waals surface area (Å²) in [6.45, 7) is 2.10. The summed E-state index contributed by atoms with van der Waals surface area (Å²) in [5.74, 6) is -0.189. The van der Waals surface area contributed by atoms with Gasteiger partial charge < -0.3 is 5.32 Å². The van der Waals surface area contributed by atoms with Crippen LogP contribution in [-0.4, -0.2) is 10.9 Å². The van der Waals surface area contributed by atoms with Crippen molar-refractivity contribution in [1.29, 1.82) is 0 Å². The summed E-state index contributed by atoms with van der Waals surface area (Å²) in [5, 5.41) is 3.26. The third kappa shape index (κ3) is 3.58. The van der Waals surface area contributed by atoms with Crippen molar-refractivity contribution in [2.24, 2.45) is 0 Å². The van der Waals surface area contributed by atoms with Crippen molar-refractivity contribution in [3.05, 3.63) is 64.9 Å². The van der Waals surface area contributed by atoms with E-state index in [1.807, 2.05) is 30.3 Å². The fourth-order valence-corrected chi connectivity index (χ4v) is 2.29. The molecule has 2 aromatic rings. The SMILES string of the molecule is CCCC(NC(=O)c1cccnc1Cl)c1ccccc1. The Labute approximate surface area is 124 Å². The summed E-state index contributed by atoms with van der Waals surface area (Å²) in [6.07, 6.45) is 3.44. The Kier molecular flexibility index (Phi) is 5.13. The molecule has 1 heterocycles. The average molecular weight is 289 g/mol. The molecular weight excluding hydrogens is 272 g/mol. The lowest BCUT2D eigenvalue weighted by molar-refractivity contribution is 0.0934. The van der Waals surface area contributed by atoms with E-state index in [4.69, 9.17) is 11.6 Å². The first-order chi connectivity index (χ1) is 9.72. The topological polar surface area (TPSA) is 42.0 Å². The number of carbonyl (C=O) groups is 1. The van der Waals surface area contributed by atoms with Gasteiger partial charge in [0.1, 0.15) is 5.15 Å². The van der Waals surface area contributed by atoms with Crippen LogP contribution in [0.4, 0.5) is 0 Å². The van der Waals surface area contributed by atoms with Gasteiger partial charge >= 0.3 is 0 Å². The van der Waals surface area contributed by atoms with Crippen molar-refractivity contribution < 1.29 is 4.79 Å². The lowest BCUT2D eigenvalue weighted by atomic mass is 10.0. The molecule has 0 bridgehead atoms. The fraction of sp³-hybridized carbons (Fsp3) is 0.250. The number of nitrogens with one attached hydrogen (secondary N) is 1. The van der Waals surface area contributed by atoms with Gasteiger partial charge in [-0.25, -0.2) is 4.98 Å². The predicted molar refractivity (Wildman–Crippen MR) is 80.8 cm³/mol. The number of halogens is 1. The molecule has 1 amide bonds. The van der Waals surface area contributed by atoms with Crippen molar-refractivity contribution in [1.82, 2.24) is 10.3 Å². The van der Waals surface area contributed by atoms with Gasteiger partial charge in [-0.3, -0.25) is 4.79 Å². The van der Waals surface area contributed by atoms with Crippen LogP contribution in [0.2, 0.25) is 5.15 Å². The highest BCUT2D eigenvalue weighted by Crippen LogP contribution is 2.20. The molecule has 20 heavy (non-hydrogen) atoms. The second-order valence-corrected chi connectivity index (χ2v) is 4.93. The van der Waals surface area contributed by atoms with E-state index in [0.29, 0.717) is 5.56 Å². The van der Waals surface area contributed by atoms with Crippen molar-refractivity contribution in [3.63, 3.8) is 0 Å². The fourth-order valence-electron chi connectivity index (χ4n) is 2.09. The number of pyridine rings is 1. The summed E-state index contributed by atoms with van der Waals surface area (Å²) in [5.41, 5.74) is 1.51. The van der Waals surface area contributed by atoms with Gasteiger partial charge in [0.2, 0.25) is 0 Å². The van der Waals surface area contributed by atoms with Gasteiger partial charge in [0.15, 0.2) is 0 Å². The van der Waals surface area contributed by atoms with E-state index in [0.717, 1.165) is 18.4 Å². The van der Waals surface area contributed by atoms with E-state index < -0.39 is 0 Å². The monoisotopic (exact) mass is 288 g/mol. The zero-order valence-corrected chi connectivity index (χ0v) is 12.1. The molecule has 104 valence electrons. The van der Waals surface area contributed by atoms with Crippen LogP contribution in [0.25, 0.3) is 0 Å². The van der Waals surface area contributed by atoms with Gasteiger partial charge in [0.25, 0.3) is 5.91 Å². The molecule has 1 atom stereocenters. The largest absolute Gasteiger partial charge is 0.345 e. The van der Waals surface area contributed by atoms with Crippen molar-refractivity contribution >= 4 is 17.5 Å². The minimum Gasteiger partial charge on any atom is -0.345 e. The Morgan fingerprint density at radius 1 is 1.25 bits per heavy atom. The van der Waals surface area contributed by atoms with Crippen LogP contribution >= 0.6 is 11.6 Å². The summed E-state index contributed by atoms with van der Waals surface area (Å²) >= 11 is 5.95. The number of nitrogens with zero attached hydrogens (tertiary/aromatic N) is 1. The van der Waals surface area contributed by atoms with E-state index in [9.17, 15) is 4.79 Å². The Morgan fingerprint density at radius 3 is 2.65 bits per heavy atom. The first-order valence-corrected chi connectivity index (χ1v) is 7.06. The number of hydrogen-bond donors (Lipinski definition) is 1. The quantitative estimate of drug-likeness (QED) is 0.845. The molecule has 4 heteroatoms. The maximum absolute atomic E-state index is 12.3. The van der Waals surface area contributed by atoms with Crippen LogP contribution in [0, 0.1) is 0 Å². The lowest BCUT2D eigenvalue weighted by Gasteiger charge is -2.18. The number of hydrogen-bond acceptors (Lipinski definition) is 2. The first-order valence-electron chi connectivity index (χ1n) is 6.68. The molecule has 1 N–H and O–H groups in total. The lowest BCUT2D eigenvalue weighted by Crippen LogP contribution is -2.28. The van der Waals surface area contributed by atoms with Crippen LogP contribution in [0.5, 0.6) is 0 Å². The molecule has 1 aromatic carbocycles. The molecular formula is C16H17ClN2O. The zero-order chi connectivity index (χ0) is 14.4. The Balaban J connectivity index is 2.17. The van der Waals surface area contributed by atoms with Crippen LogP contribution in [0.1, 0.15) is 41.7 Å². The smallest absolute Gasteiger partial charge is 0.254 e. The van der Waals surface area contributed by atoms with E-state index in [1.54, 1.807) is 18.3 Å². The van der Waals surface area contributed by atoms with E-state index >= 15 is 0 Å². The maximum Gasteiger partial charge on any atom is 0.254 e. The van der Waals surface area contributed by atoms with Crippen LogP contribution in [0.15, 0.2) is 48.7 Å². The van der Waals surface area contributed by atoms with Crippen LogP contribution in [-0.2, 0) is 0 Å². The standard InChI is InChI=1S/C16H17ClN2O/c1-2-7-14(12-8-4-3-5-9-12)19-16(20)13-10-6-11-18-15(13)17/h3-6,8-11,14H,2,7H2,1H3,(H,19,20). The second kappa shape index (κ2) is 7.06. The molecule has 0 aliphatic heterocycles. The third-order valence-electron chi connectivity index (χ3n) is 3.09. The molecule has 1 unspecified atom stereocenters. The number of aromatic nitrogens is 1. The molecule has 0 fully saturated rings. The predicted octanol–water partition coefficient (Wildman–Crippen LogP) is 4.01. The van der Waals surface area contributed by atoms with Gasteiger partial charge in [0.05, 0.1) is 11.6 Å². The molecule has 0 aliphatic rings. The van der Waals surface area contributed by atoms with E-state index in [1.165, 1.54) is 0 Å². The molecule has 0 aliphatic carbocycles. The summed E-state index contributed by atoms with van der Waals surface area (Å²) in [4.78, 5) is 16.2. The van der Waals surface area contributed by atoms with Crippen LogP contribution in [0.3, 0.4) is 0 Å². The highest BCUT2D eigenvalue weighted by molar-refractivity contribution is 6.32. The van der Waals surface area contributed by atoms with Crippen molar-refractivity contribution in [2.75, 3.05) is 0 Å². The zero-order valence-electron chi connectivity index (χ0n) is 11.3. The maximum atomic E-state index is 12.3. The Morgan fingerprint density at radius 2 is 2.00 bits per heavy atom. The Bertz CT molecular complexity index is 572. The third-order valence-corrected chi connectivity index (χ3v) is 3.39. The normalized spacial score (nSPS) is 11.9. The molecule has 3 nitrogen and oxygen atoms in total. The minimum atomic E-state index is -0.189. The van der Waals surface area contributed by atoms with Gasteiger partial charge in [-0.05, 0) is 24.1 Å². The first kappa shape index (κ1) is 14.5. The number of benzene rings is 1. The average Bonchev–Trinajstić information content (AvgIpc) is 2.48. The molecule has 0 saturated heterocycles. The molecule has 1 aromatic heterocycles. The number of carbonyl (C=O) groups excluding carboxylic acids is 1. The van der Waals surface area contributed by atoms with Gasteiger partial charge in [-0.15, -0.1) is 0 Å². The number of amides is 1. The van der Waals surface area contributed by atoms with E-state index in [-0.39, 0.29) is 17.1 Å². The van der Waals surface area contributed by atoms with Crippen molar-refractivity contribution in [2.45, 2.75) is 25.8 Å². The van der Waals surface area contributed by atoms with Gasteiger partial charge in [0, 0.05) is 6.20 Å². The summed E-state index contributed by atoms with van der Waals surface area (Å²) in [6, 6.07) is 13.3. The molecule has 0 spiro atoms. The van der Waals surface area contributed by atoms with E-state index in [2.05, 4.69) is 17.2 Å². The number of rotatable bonds is 5.